The Morgan fingerprint density at radius 3 is 2.43 bits per heavy atom. The Hall–Kier alpha value is -3.89. The highest BCUT2D eigenvalue weighted by molar-refractivity contribution is 7.92. The van der Waals surface area contributed by atoms with Gasteiger partial charge in [-0.25, -0.2) is 18.0 Å². The van der Waals surface area contributed by atoms with Gasteiger partial charge in [0.25, 0.3) is 5.91 Å². The molecular formula is C28H31N3O10S3. The molecule has 0 spiro atoms. The van der Waals surface area contributed by atoms with Crippen LogP contribution in [-0.2, 0) is 57.8 Å². The highest BCUT2D eigenvalue weighted by Gasteiger charge is 2.28. The van der Waals surface area contributed by atoms with E-state index in [0.29, 0.717) is 16.6 Å². The first-order valence-corrected chi connectivity index (χ1v) is 17.1. The van der Waals surface area contributed by atoms with Crippen LogP contribution in [0.25, 0.3) is 10.2 Å². The fraction of sp³-hybridized carbons (Fsp3) is 0.429. The quantitative estimate of drug-likeness (QED) is 0.192. The molecular weight excluding hydrogens is 635 g/mol. The third-order valence-corrected chi connectivity index (χ3v) is 10.3. The van der Waals surface area contributed by atoms with Gasteiger partial charge in [-0.3, -0.25) is 14.4 Å². The third kappa shape index (κ3) is 7.78. The first-order valence-electron chi connectivity index (χ1n) is 13.6. The van der Waals surface area contributed by atoms with Gasteiger partial charge in [0.05, 0.1) is 42.2 Å². The number of anilines is 1. The number of nitrogens with one attached hydrogen (secondary N) is 1. The van der Waals surface area contributed by atoms with E-state index in [4.69, 9.17) is 14.2 Å². The van der Waals surface area contributed by atoms with Crippen LogP contribution >= 0.6 is 22.7 Å². The molecule has 1 aromatic carbocycles. The second kappa shape index (κ2) is 14.3. The normalized spacial score (nSPS) is 13.6. The van der Waals surface area contributed by atoms with Crippen LogP contribution in [0.5, 0.6) is 0 Å². The highest BCUT2D eigenvalue weighted by atomic mass is 32.2. The number of esters is 3. The van der Waals surface area contributed by atoms with Gasteiger partial charge in [-0.2, -0.15) is 4.99 Å². The molecule has 3 aromatic rings. The predicted molar refractivity (Wildman–Crippen MR) is 163 cm³/mol. The average Bonchev–Trinajstić information content (AvgIpc) is 3.37. The van der Waals surface area contributed by atoms with Crippen molar-refractivity contribution in [2.75, 3.05) is 37.6 Å². The maximum Gasteiger partial charge on any atom is 0.341 e. The third-order valence-electron chi connectivity index (χ3n) is 6.69. The van der Waals surface area contributed by atoms with Gasteiger partial charge >= 0.3 is 17.9 Å². The van der Waals surface area contributed by atoms with Gasteiger partial charge in [0.2, 0.25) is 5.91 Å². The lowest BCUT2D eigenvalue weighted by Gasteiger charge is -2.08. The maximum absolute atomic E-state index is 12.9. The van der Waals surface area contributed by atoms with Crippen LogP contribution in [-0.4, -0.2) is 75.0 Å². The minimum atomic E-state index is -4.29. The van der Waals surface area contributed by atoms with Crippen molar-refractivity contribution in [1.82, 2.24) is 4.57 Å². The van der Waals surface area contributed by atoms with Gasteiger partial charge in [-0.05, 0) is 56.4 Å². The summed E-state index contributed by atoms with van der Waals surface area (Å²) >= 11 is 2.18. The predicted octanol–water partition coefficient (Wildman–Crippen LogP) is 2.65. The number of aromatic nitrogens is 1. The molecule has 2 amide bonds. The van der Waals surface area contributed by atoms with Gasteiger partial charge in [0.15, 0.2) is 14.6 Å². The van der Waals surface area contributed by atoms with Crippen LogP contribution in [0.15, 0.2) is 23.2 Å². The molecule has 0 radical (unpaired) electrons. The first kappa shape index (κ1) is 33.0. The molecule has 1 aliphatic rings. The van der Waals surface area contributed by atoms with Crippen molar-refractivity contribution in [3.63, 3.8) is 0 Å². The molecule has 0 aliphatic heterocycles. The van der Waals surface area contributed by atoms with Gasteiger partial charge in [0, 0.05) is 4.88 Å². The van der Waals surface area contributed by atoms with E-state index in [1.807, 2.05) is 0 Å². The lowest BCUT2D eigenvalue weighted by Crippen LogP contribution is -2.29. The summed E-state index contributed by atoms with van der Waals surface area (Å²) in [5.41, 5.74) is 1.74. The molecule has 1 N–H and O–H groups in total. The summed E-state index contributed by atoms with van der Waals surface area (Å²) in [6.45, 7) is 1.51. The second-order valence-electron chi connectivity index (χ2n) is 9.80. The number of thiazole rings is 1. The van der Waals surface area contributed by atoms with E-state index >= 15 is 0 Å². The molecule has 44 heavy (non-hydrogen) atoms. The Labute approximate surface area is 260 Å². The summed E-state index contributed by atoms with van der Waals surface area (Å²) < 4.78 is 42.2. The maximum atomic E-state index is 12.9. The largest absolute Gasteiger partial charge is 0.468 e. The molecule has 2 heterocycles. The number of methoxy groups -OCH3 is 2. The average molecular weight is 666 g/mol. The summed E-state index contributed by atoms with van der Waals surface area (Å²) in [7, 11) is -1.86. The lowest BCUT2D eigenvalue weighted by atomic mass is 10.1. The van der Waals surface area contributed by atoms with E-state index in [0.717, 1.165) is 47.5 Å². The van der Waals surface area contributed by atoms with Crippen LogP contribution in [0.3, 0.4) is 0 Å². The molecule has 236 valence electrons. The molecule has 13 nitrogen and oxygen atoms in total. The summed E-state index contributed by atoms with van der Waals surface area (Å²) in [6.07, 6.45) is 4.23. The number of nitrogens with zero attached hydrogens (tertiary/aromatic N) is 2. The molecule has 4 rings (SSSR count). The number of amides is 2. The summed E-state index contributed by atoms with van der Waals surface area (Å²) in [5, 5.41) is 2.75. The number of hydrogen-bond acceptors (Lipinski definition) is 12. The number of rotatable bonds is 10. The zero-order valence-corrected chi connectivity index (χ0v) is 26.7. The van der Waals surface area contributed by atoms with Crippen molar-refractivity contribution >= 4 is 77.5 Å². The van der Waals surface area contributed by atoms with Crippen LogP contribution in [0.1, 0.15) is 57.3 Å². The topological polar surface area (TPSA) is 176 Å². The van der Waals surface area contributed by atoms with E-state index in [-0.39, 0.29) is 34.1 Å². The summed E-state index contributed by atoms with van der Waals surface area (Å²) in [6, 6.07) is 4.56. The van der Waals surface area contributed by atoms with E-state index in [1.165, 1.54) is 42.3 Å². The molecule has 0 fully saturated rings. The Bertz CT molecular complexity index is 1800. The standard InChI is InChI=1S/C28H31N3O10S3/c1-4-41-26(35)16-10-11-18-20(12-16)43-28(31(18)13-23(34)39-2)30-22(33)15-44(37,38)14-21(32)29-25-24(27(36)40-3)17-8-6-5-7-9-19(17)42-25/h10-12H,4-9,13-15H2,1-3H3,(H,29,32). The van der Waals surface area contributed by atoms with Crippen LogP contribution < -0.4 is 10.1 Å². The SMILES string of the molecule is CCOC(=O)c1ccc2c(c1)sc(=NC(=O)CS(=O)(=O)CC(=O)Nc1sc3c(c1C(=O)OC)CCCCC3)n2CC(=O)OC. The summed E-state index contributed by atoms with van der Waals surface area (Å²) in [5.74, 6) is -5.89. The van der Waals surface area contributed by atoms with E-state index in [2.05, 4.69) is 10.3 Å². The minimum Gasteiger partial charge on any atom is -0.468 e. The van der Waals surface area contributed by atoms with Crippen molar-refractivity contribution < 1.29 is 46.6 Å². The molecule has 0 saturated heterocycles. The number of carbonyl (C=O) groups excluding carboxylic acids is 5. The number of aryl methyl sites for hydroxylation is 1. The van der Waals surface area contributed by atoms with E-state index in [9.17, 15) is 32.4 Å². The zero-order valence-electron chi connectivity index (χ0n) is 24.3. The second-order valence-corrected chi connectivity index (χ2v) is 14.0. The Kier molecular flexibility index (Phi) is 10.7. The Morgan fingerprint density at radius 1 is 0.977 bits per heavy atom. The Balaban J connectivity index is 1.55. The van der Waals surface area contributed by atoms with Crippen molar-refractivity contribution in [1.29, 1.82) is 0 Å². The van der Waals surface area contributed by atoms with E-state index in [1.54, 1.807) is 13.0 Å². The van der Waals surface area contributed by atoms with Gasteiger partial charge in [0.1, 0.15) is 23.1 Å². The van der Waals surface area contributed by atoms with Crippen LogP contribution in [0.2, 0.25) is 0 Å². The fourth-order valence-corrected chi connectivity index (χ4v) is 8.13. The van der Waals surface area contributed by atoms with Crippen molar-refractivity contribution in [3.05, 3.63) is 44.6 Å². The molecule has 1 aliphatic carbocycles. The van der Waals surface area contributed by atoms with Crippen molar-refractivity contribution in [3.8, 4) is 0 Å². The number of fused-ring (bicyclic) bond motifs is 2. The van der Waals surface area contributed by atoms with E-state index < -0.39 is 51.1 Å². The van der Waals surface area contributed by atoms with Gasteiger partial charge < -0.3 is 24.1 Å². The van der Waals surface area contributed by atoms with Crippen LogP contribution in [0.4, 0.5) is 5.00 Å². The van der Waals surface area contributed by atoms with Crippen molar-refractivity contribution in [2.24, 2.45) is 4.99 Å². The van der Waals surface area contributed by atoms with Crippen molar-refractivity contribution in [2.45, 2.75) is 45.6 Å². The number of hydrogen-bond donors (Lipinski definition) is 1. The minimum absolute atomic E-state index is 0.00105. The molecule has 0 atom stereocenters. The molecule has 0 bridgehead atoms. The van der Waals surface area contributed by atoms with Gasteiger partial charge in [-0.15, -0.1) is 11.3 Å². The van der Waals surface area contributed by atoms with Crippen LogP contribution in [0, 0.1) is 0 Å². The smallest absolute Gasteiger partial charge is 0.341 e. The monoisotopic (exact) mass is 665 g/mol. The molecule has 0 saturated carbocycles. The number of carbonyl (C=O) groups is 5. The Morgan fingerprint density at radius 2 is 1.73 bits per heavy atom. The summed E-state index contributed by atoms with van der Waals surface area (Å²) in [4.78, 5) is 67.3. The zero-order chi connectivity index (χ0) is 32.0. The fourth-order valence-electron chi connectivity index (χ4n) is 4.74. The number of thiophene rings is 1. The number of sulfone groups is 1. The lowest BCUT2D eigenvalue weighted by molar-refractivity contribution is -0.141. The van der Waals surface area contributed by atoms with Gasteiger partial charge in [-0.1, -0.05) is 17.8 Å². The molecule has 2 aromatic heterocycles. The molecule has 0 unspecified atom stereocenters. The first-order chi connectivity index (χ1) is 21.0. The number of benzene rings is 1. The highest BCUT2D eigenvalue weighted by Crippen LogP contribution is 2.38. The molecule has 16 heteroatoms. The number of ether oxygens (including phenoxy) is 3.